The highest BCUT2D eigenvalue weighted by Gasteiger charge is 2.13. The van der Waals surface area contributed by atoms with E-state index < -0.39 is 0 Å². The third-order valence-corrected chi connectivity index (χ3v) is 5.77. The van der Waals surface area contributed by atoms with Gasteiger partial charge in [-0.1, -0.05) is 84.9 Å². The zero-order chi connectivity index (χ0) is 20.1. The van der Waals surface area contributed by atoms with Gasteiger partial charge in [0, 0.05) is 10.8 Å². The molecule has 1 aromatic heterocycles. The number of furan rings is 1. The fourth-order valence-corrected chi connectivity index (χ4v) is 4.35. The smallest absolute Gasteiger partial charge is 0.171 e. The first kappa shape index (κ1) is 17.0. The molecule has 6 aromatic rings. The topological polar surface area (TPSA) is 13.1 Å². The van der Waals surface area contributed by atoms with Crippen LogP contribution in [0.2, 0.25) is 0 Å². The van der Waals surface area contributed by atoms with E-state index in [0.29, 0.717) is 11.2 Å². The van der Waals surface area contributed by atoms with E-state index in [1.165, 1.54) is 28.0 Å². The summed E-state index contributed by atoms with van der Waals surface area (Å²) in [6.45, 7) is 0. The summed E-state index contributed by atoms with van der Waals surface area (Å²) < 4.78 is 19.9. The van der Waals surface area contributed by atoms with Crippen molar-refractivity contribution in [3.8, 4) is 22.3 Å². The Morgan fingerprint density at radius 3 is 1.93 bits per heavy atom. The molecule has 0 aliphatic rings. The van der Waals surface area contributed by atoms with E-state index in [2.05, 4.69) is 66.7 Å². The maximum atomic E-state index is 14.2. The number of rotatable bonds is 2. The molecule has 2 heteroatoms. The van der Waals surface area contributed by atoms with Crippen molar-refractivity contribution in [2.45, 2.75) is 0 Å². The molecule has 0 N–H and O–H groups in total. The van der Waals surface area contributed by atoms with Crippen LogP contribution < -0.4 is 0 Å². The first-order valence-corrected chi connectivity index (χ1v) is 9.98. The van der Waals surface area contributed by atoms with Crippen LogP contribution in [0.4, 0.5) is 4.39 Å². The van der Waals surface area contributed by atoms with Gasteiger partial charge in [-0.15, -0.1) is 0 Å². The summed E-state index contributed by atoms with van der Waals surface area (Å²) in [6.07, 6.45) is 0. The van der Waals surface area contributed by atoms with Crippen LogP contribution >= 0.6 is 0 Å². The number of halogens is 1. The minimum Gasteiger partial charge on any atom is -0.453 e. The van der Waals surface area contributed by atoms with Gasteiger partial charge < -0.3 is 4.42 Å². The third-order valence-electron chi connectivity index (χ3n) is 5.77. The van der Waals surface area contributed by atoms with Gasteiger partial charge in [0.05, 0.1) is 0 Å². The van der Waals surface area contributed by atoms with E-state index in [4.69, 9.17) is 4.42 Å². The highest BCUT2D eigenvalue weighted by molar-refractivity contribution is 6.09. The Hall–Kier alpha value is -3.91. The van der Waals surface area contributed by atoms with E-state index in [0.717, 1.165) is 21.9 Å². The Labute approximate surface area is 173 Å². The molecule has 30 heavy (non-hydrogen) atoms. The summed E-state index contributed by atoms with van der Waals surface area (Å²) in [5, 5.41) is 4.14. The second kappa shape index (κ2) is 6.57. The average Bonchev–Trinajstić information content (AvgIpc) is 3.18. The van der Waals surface area contributed by atoms with Gasteiger partial charge in [0.15, 0.2) is 11.4 Å². The lowest BCUT2D eigenvalue weighted by molar-refractivity contribution is 0.584. The zero-order valence-corrected chi connectivity index (χ0v) is 16.1. The largest absolute Gasteiger partial charge is 0.453 e. The van der Waals surface area contributed by atoms with Crippen molar-refractivity contribution in [3.63, 3.8) is 0 Å². The summed E-state index contributed by atoms with van der Waals surface area (Å²) >= 11 is 0. The normalized spacial score (nSPS) is 11.5. The summed E-state index contributed by atoms with van der Waals surface area (Å²) in [6, 6.07) is 34.4. The lowest BCUT2D eigenvalue weighted by Gasteiger charge is -2.12. The third kappa shape index (κ3) is 2.54. The predicted octanol–water partition coefficient (Wildman–Crippen LogP) is 8.21. The predicted molar refractivity (Wildman–Crippen MR) is 122 cm³/mol. The van der Waals surface area contributed by atoms with E-state index >= 15 is 0 Å². The molecule has 142 valence electrons. The molecule has 0 radical (unpaired) electrons. The van der Waals surface area contributed by atoms with Crippen molar-refractivity contribution in [3.05, 3.63) is 109 Å². The Morgan fingerprint density at radius 1 is 0.500 bits per heavy atom. The van der Waals surface area contributed by atoms with Gasteiger partial charge in [0.1, 0.15) is 5.58 Å². The van der Waals surface area contributed by atoms with Crippen molar-refractivity contribution in [2.24, 2.45) is 0 Å². The summed E-state index contributed by atoms with van der Waals surface area (Å²) in [5.41, 5.74) is 5.67. The minimum absolute atomic E-state index is 0.314. The van der Waals surface area contributed by atoms with Gasteiger partial charge >= 0.3 is 0 Å². The monoisotopic (exact) mass is 388 g/mol. The lowest BCUT2D eigenvalue weighted by Crippen LogP contribution is -1.86. The van der Waals surface area contributed by atoms with Crippen molar-refractivity contribution in [1.82, 2.24) is 0 Å². The summed E-state index contributed by atoms with van der Waals surface area (Å²) in [7, 11) is 0. The fourth-order valence-electron chi connectivity index (χ4n) is 4.35. The van der Waals surface area contributed by atoms with Crippen molar-refractivity contribution in [1.29, 1.82) is 0 Å². The highest BCUT2D eigenvalue weighted by Crippen LogP contribution is 2.38. The number of para-hydroxylation sites is 1. The molecule has 0 spiro atoms. The maximum Gasteiger partial charge on any atom is 0.171 e. The van der Waals surface area contributed by atoms with Crippen LogP contribution in [0.25, 0.3) is 55.0 Å². The second-order valence-electron chi connectivity index (χ2n) is 7.50. The standard InChI is InChI=1S/C28H17FO/c29-26-12-6-11-24-25-17-19(13-16-27(25)30-28(24)26)21-15-14-20(18-7-2-1-3-8-18)22-9-4-5-10-23(21)22/h1-17H. The lowest BCUT2D eigenvalue weighted by atomic mass is 9.92. The van der Waals surface area contributed by atoms with E-state index in [1.807, 2.05) is 24.3 Å². The van der Waals surface area contributed by atoms with Gasteiger partial charge in [-0.2, -0.15) is 0 Å². The molecule has 1 heterocycles. The summed E-state index contributed by atoms with van der Waals surface area (Å²) in [5.74, 6) is -0.331. The number of hydrogen-bond donors (Lipinski definition) is 0. The van der Waals surface area contributed by atoms with Gasteiger partial charge in [-0.05, 0) is 51.2 Å². The molecule has 0 aliphatic heterocycles. The second-order valence-corrected chi connectivity index (χ2v) is 7.50. The Kier molecular flexibility index (Phi) is 3.72. The molecule has 0 fully saturated rings. The van der Waals surface area contributed by atoms with Gasteiger partial charge in [0.2, 0.25) is 0 Å². The van der Waals surface area contributed by atoms with Crippen LogP contribution in [0.5, 0.6) is 0 Å². The molecule has 6 rings (SSSR count). The van der Waals surface area contributed by atoms with Crippen molar-refractivity contribution in [2.75, 3.05) is 0 Å². The first-order valence-electron chi connectivity index (χ1n) is 9.98. The number of fused-ring (bicyclic) bond motifs is 4. The molecule has 0 amide bonds. The highest BCUT2D eigenvalue weighted by atomic mass is 19.1. The van der Waals surface area contributed by atoms with E-state index in [-0.39, 0.29) is 5.82 Å². The Balaban J connectivity index is 1.61. The molecule has 0 saturated carbocycles. The zero-order valence-electron chi connectivity index (χ0n) is 16.1. The first-order chi connectivity index (χ1) is 14.8. The molecule has 0 atom stereocenters. The van der Waals surface area contributed by atoms with Crippen LogP contribution in [0.3, 0.4) is 0 Å². The molecule has 0 saturated heterocycles. The van der Waals surface area contributed by atoms with Gasteiger partial charge in [0.25, 0.3) is 0 Å². The SMILES string of the molecule is Fc1cccc2c1oc1ccc(-c3ccc(-c4ccccc4)c4ccccc34)cc12. The maximum absolute atomic E-state index is 14.2. The molecule has 0 unspecified atom stereocenters. The number of hydrogen-bond acceptors (Lipinski definition) is 1. The molecular formula is C28H17FO. The van der Waals surface area contributed by atoms with Crippen molar-refractivity contribution < 1.29 is 8.81 Å². The van der Waals surface area contributed by atoms with Gasteiger partial charge in [-0.25, -0.2) is 4.39 Å². The average molecular weight is 388 g/mol. The summed E-state index contributed by atoms with van der Waals surface area (Å²) in [4.78, 5) is 0. The van der Waals surface area contributed by atoms with Crippen LogP contribution in [0.1, 0.15) is 0 Å². The Bertz CT molecular complexity index is 1540. The molecular weight excluding hydrogens is 371 g/mol. The van der Waals surface area contributed by atoms with Crippen LogP contribution in [-0.2, 0) is 0 Å². The molecule has 5 aromatic carbocycles. The van der Waals surface area contributed by atoms with E-state index in [1.54, 1.807) is 6.07 Å². The minimum atomic E-state index is -0.331. The van der Waals surface area contributed by atoms with Crippen molar-refractivity contribution >= 4 is 32.7 Å². The van der Waals surface area contributed by atoms with Gasteiger partial charge in [-0.3, -0.25) is 0 Å². The van der Waals surface area contributed by atoms with Crippen LogP contribution in [0.15, 0.2) is 108 Å². The molecule has 0 bridgehead atoms. The molecule has 1 nitrogen and oxygen atoms in total. The fraction of sp³-hybridized carbons (Fsp3) is 0. The van der Waals surface area contributed by atoms with Crippen LogP contribution in [0, 0.1) is 5.82 Å². The van der Waals surface area contributed by atoms with E-state index in [9.17, 15) is 4.39 Å². The van der Waals surface area contributed by atoms with Crippen LogP contribution in [-0.4, -0.2) is 0 Å². The quantitative estimate of drug-likeness (QED) is 0.291. The Morgan fingerprint density at radius 2 is 1.17 bits per heavy atom. The number of benzene rings is 5. The molecule has 0 aliphatic carbocycles.